The van der Waals surface area contributed by atoms with Crippen LogP contribution in [0.3, 0.4) is 0 Å². The van der Waals surface area contributed by atoms with Crippen molar-refractivity contribution in [2.45, 2.75) is 130 Å². The lowest BCUT2D eigenvalue weighted by molar-refractivity contribution is 0.00230. The van der Waals surface area contributed by atoms with Crippen molar-refractivity contribution in [3.8, 4) is 0 Å². The van der Waals surface area contributed by atoms with Crippen LogP contribution in [0.15, 0.2) is 0 Å². The second-order valence-corrected chi connectivity index (χ2v) is 11.4. The highest BCUT2D eigenvalue weighted by molar-refractivity contribution is 4.44. The maximum absolute atomic E-state index is 8.36. The molecule has 302 valence electrons. The second kappa shape index (κ2) is 62.7. The van der Waals surface area contributed by atoms with E-state index >= 15 is 0 Å². The van der Waals surface area contributed by atoms with Crippen LogP contribution >= 0.6 is 0 Å². The summed E-state index contributed by atoms with van der Waals surface area (Å²) >= 11 is 0. The molecule has 0 saturated carbocycles. The lowest BCUT2D eigenvalue weighted by Crippen LogP contribution is -2.11. The van der Waals surface area contributed by atoms with Gasteiger partial charge in [-0.3, -0.25) is 0 Å². The maximum Gasteiger partial charge on any atom is 0.0701 e. The first-order valence-corrected chi connectivity index (χ1v) is 19.6. The Balaban J connectivity index is -0.000000279. The Morgan fingerprint density at radius 2 is 0.429 bits per heavy atom. The molecule has 49 heavy (non-hydrogen) atoms. The second-order valence-electron chi connectivity index (χ2n) is 11.4. The molecule has 0 radical (unpaired) electrons. The fourth-order valence-corrected chi connectivity index (χ4v) is 3.82. The lowest BCUT2D eigenvalue weighted by Gasteiger charge is -2.04. The third-order valence-corrected chi connectivity index (χ3v) is 6.63. The molecule has 0 rings (SSSR count). The minimum absolute atomic E-state index is 0.0413. The Morgan fingerprint density at radius 1 is 0.224 bits per heavy atom. The van der Waals surface area contributed by atoms with Gasteiger partial charge in [0.2, 0.25) is 0 Å². The molecule has 0 unspecified atom stereocenters. The summed E-state index contributed by atoms with van der Waals surface area (Å²) in [6.07, 6.45) is 21.2. The molecule has 0 aliphatic rings. The predicted molar refractivity (Wildman–Crippen MR) is 201 cm³/mol. The van der Waals surface area contributed by atoms with E-state index in [9.17, 15) is 0 Å². The van der Waals surface area contributed by atoms with E-state index in [2.05, 4.69) is 27.7 Å². The highest BCUT2D eigenvalue weighted by Crippen LogP contribution is 2.05. The summed E-state index contributed by atoms with van der Waals surface area (Å²) in [5.41, 5.74) is 0. The number of aliphatic hydroxyl groups excluding tert-OH is 4. The topological polar surface area (TPSA) is 146 Å². The number of hydrogen-bond donors (Lipinski definition) is 4. The van der Waals surface area contributed by atoms with E-state index in [0.717, 1.165) is 26.4 Å². The van der Waals surface area contributed by atoms with Crippen molar-refractivity contribution >= 4 is 0 Å². The highest BCUT2D eigenvalue weighted by atomic mass is 16.5. The normalized spacial score (nSPS) is 10.5. The molecule has 0 heterocycles. The largest absolute Gasteiger partial charge is 0.394 e. The molecule has 0 atom stereocenters. The predicted octanol–water partition coefficient (Wildman–Crippen LogP) is 6.35. The van der Waals surface area contributed by atoms with Crippen LogP contribution in [-0.2, 0) is 33.2 Å². The van der Waals surface area contributed by atoms with Gasteiger partial charge in [0.25, 0.3) is 0 Å². The molecule has 11 nitrogen and oxygen atoms in total. The van der Waals surface area contributed by atoms with E-state index in [0.29, 0.717) is 66.1 Å². The van der Waals surface area contributed by atoms with E-state index in [1.807, 2.05) is 0 Å². The Bertz CT molecular complexity index is 439. The van der Waals surface area contributed by atoms with Crippen LogP contribution < -0.4 is 0 Å². The molecule has 0 aromatic heterocycles. The zero-order valence-corrected chi connectivity index (χ0v) is 32.7. The summed E-state index contributed by atoms with van der Waals surface area (Å²) < 4.78 is 35.8. The maximum atomic E-state index is 8.36. The van der Waals surface area contributed by atoms with Gasteiger partial charge in [0.1, 0.15) is 0 Å². The van der Waals surface area contributed by atoms with Gasteiger partial charge in [0.05, 0.1) is 92.5 Å². The van der Waals surface area contributed by atoms with Crippen LogP contribution in [0.5, 0.6) is 0 Å². The third-order valence-electron chi connectivity index (χ3n) is 6.63. The number of rotatable bonds is 37. The van der Waals surface area contributed by atoms with E-state index < -0.39 is 0 Å². The summed E-state index contributed by atoms with van der Waals surface area (Å²) in [4.78, 5) is 0. The molecule has 0 aromatic rings. The van der Waals surface area contributed by atoms with Gasteiger partial charge in [-0.05, 0) is 25.7 Å². The molecule has 11 heteroatoms. The molecule has 0 bridgehead atoms. The number of unbranched alkanes of at least 4 members (excludes halogenated alkanes) is 12. The van der Waals surface area contributed by atoms with Crippen molar-refractivity contribution in [1.82, 2.24) is 0 Å². The van der Waals surface area contributed by atoms with Gasteiger partial charge in [-0.25, -0.2) is 0 Å². The van der Waals surface area contributed by atoms with E-state index in [1.165, 1.54) is 103 Å². The first-order valence-electron chi connectivity index (χ1n) is 19.6. The summed E-state index contributed by atoms with van der Waals surface area (Å²) in [7, 11) is 0. The number of ether oxygens (including phenoxy) is 7. The van der Waals surface area contributed by atoms with Crippen molar-refractivity contribution in [2.75, 3.05) is 119 Å². The van der Waals surface area contributed by atoms with Crippen LogP contribution in [-0.4, -0.2) is 139 Å². The number of hydrogen-bond acceptors (Lipinski definition) is 11. The van der Waals surface area contributed by atoms with E-state index in [-0.39, 0.29) is 26.4 Å². The molecular weight excluding hydrogens is 632 g/mol. The lowest BCUT2D eigenvalue weighted by atomic mass is 10.1. The van der Waals surface area contributed by atoms with Gasteiger partial charge >= 0.3 is 0 Å². The monoisotopic (exact) mass is 717 g/mol. The molecule has 0 aliphatic carbocycles. The Hall–Kier alpha value is -0.440. The van der Waals surface area contributed by atoms with E-state index in [1.54, 1.807) is 0 Å². The first kappa shape index (κ1) is 55.3. The quantitative estimate of drug-likeness (QED) is 0.0534. The van der Waals surface area contributed by atoms with E-state index in [4.69, 9.17) is 53.6 Å². The molecule has 0 aliphatic heterocycles. The first-order chi connectivity index (χ1) is 24.2. The van der Waals surface area contributed by atoms with Gasteiger partial charge in [0.15, 0.2) is 0 Å². The fraction of sp³-hybridized carbons (Fsp3) is 1.00. The van der Waals surface area contributed by atoms with Crippen molar-refractivity contribution in [1.29, 1.82) is 0 Å². The number of aliphatic hydroxyl groups is 4. The molecule has 0 fully saturated rings. The summed E-state index contributed by atoms with van der Waals surface area (Å²) in [6, 6.07) is 0. The van der Waals surface area contributed by atoms with Crippen LogP contribution in [0.25, 0.3) is 0 Å². The summed E-state index contributed by atoms with van der Waals surface area (Å²) in [6.45, 7) is 17.3. The van der Waals surface area contributed by atoms with Crippen molar-refractivity contribution in [3.63, 3.8) is 0 Å². The van der Waals surface area contributed by atoms with Crippen molar-refractivity contribution < 1.29 is 53.6 Å². The molecular formula is C38H84O11. The average molecular weight is 717 g/mol. The van der Waals surface area contributed by atoms with Gasteiger partial charge < -0.3 is 53.6 Å². The third kappa shape index (κ3) is 73.9. The van der Waals surface area contributed by atoms with Gasteiger partial charge in [0, 0.05) is 26.4 Å². The minimum atomic E-state index is 0.0413. The standard InChI is InChI=1S/C14H30O.C10H22O.C8H18O5.C6H14O4/c1-3-5-7-9-10-12-14-15-13-11-8-6-4-2;1-3-5-7-8-10-11-9-6-4-2;9-1-3-11-5-7-13-8-6-12-4-2-10;7-1-3-9-5-6-10-4-2-8/h3-14H2,1-2H3;3-10H2,1-2H3;9-10H,1-8H2;7-8H,1-6H2. The van der Waals surface area contributed by atoms with Gasteiger partial charge in [-0.1, -0.05) is 105 Å². The highest BCUT2D eigenvalue weighted by Gasteiger charge is 1.93. The van der Waals surface area contributed by atoms with Crippen molar-refractivity contribution in [2.24, 2.45) is 0 Å². The molecule has 0 spiro atoms. The summed E-state index contributed by atoms with van der Waals surface area (Å²) in [5.74, 6) is 0. The zero-order valence-electron chi connectivity index (χ0n) is 32.7. The smallest absolute Gasteiger partial charge is 0.0701 e. The van der Waals surface area contributed by atoms with Crippen molar-refractivity contribution in [3.05, 3.63) is 0 Å². The van der Waals surface area contributed by atoms with Crippen LogP contribution in [0.1, 0.15) is 130 Å². The van der Waals surface area contributed by atoms with Crippen LogP contribution in [0.2, 0.25) is 0 Å². The van der Waals surface area contributed by atoms with Gasteiger partial charge in [-0.15, -0.1) is 0 Å². The Labute approximate surface area is 302 Å². The Morgan fingerprint density at radius 3 is 0.714 bits per heavy atom. The molecule has 0 amide bonds. The fourth-order valence-electron chi connectivity index (χ4n) is 3.82. The summed E-state index contributed by atoms with van der Waals surface area (Å²) in [5, 5.41) is 33.2. The van der Waals surface area contributed by atoms with Crippen LogP contribution in [0.4, 0.5) is 0 Å². The average Bonchev–Trinajstić information content (AvgIpc) is 3.12. The molecule has 0 aromatic carbocycles. The molecule has 0 saturated heterocycles. The molecule has 4 N–H and O–H groups in total. The zero-order chi connectivity index (χ0) is 37.0. The van der Waals surface area contributed by atoms with Crippen LogP contribution in [0, 0.1) is 0 Å². The SMILES string of the molecule is CCCCCCCCOCCCCCC.CCCCCCOCCCC.OCCOCCOCCO.OCCOCCOCCOCCO. The Kier molecular flexibility index (Phi) is 70.8. The minimum Gasteiger partial charge on any atom is -0.394 e. The van der Waals surface area contributed by atoms with Gasteiger partial charge in [-0.2, -0.15) is 0 Å².